The second kappa shape index (κ2) is 9.56. The highest BCUT2D eigenvalue weighted by Gasteiger charge is 2.43. The molecule has 3 aromatic heterocycles. The summed E-state index contributed by atoms with van der Waals surface area (Å²) in [6.07, 6.45) is -5.65. The summed E-state index contributed by atoms with van der Waals surface area (Å²) in [6.45, 7) is 2.88. The van der Waals surface area contributed by atoms with Gasteiger partial charge in [-0.05, 0) is 24.3 Å². The largest absolute Gasteiger partial charge is 0.390 e. The van der Waals surface area contributed by atoms with Gasteiger partial charge in [0.15, 0.2) is 17.5 Å². The Morgan fingerprint density at radius 3 is 2.51 bits per heavy atom. The summed E-state index contributed by atoms with van der Waals surface area (Å²) in [5.74, 6) is -3.27. The predicted molar refractivity (Wildman–Crippen MR) is 132 cm³/mol. The SMILES string of the molecule is CC1(C)c2c(NCCC(F)(F)F)nc(-c3nc(Cc4c(F)ccc(F)c4F)n4cc(Cl)ccc34)nc2NC1O. The Balaban J connectivity index is 1.65. The van der Waals surface area contributed by atoms with Crippen molar-refractivity contribution in [2.75, 3.05) is 17.2 Å². The third-order valence-corrected chi connectivity index (χ3v) is 6.79. The highest BCUT2D eigenvalue weighted by atomic mass is 35.5. The van der Waals surface area contributed by atoms with Gasteiger partial charge in [-0.25, -0.2) is 28.1 Å². The highest BCUT2D eigenvalue weighted by molar-refractivity contribution is 6.30. The van der Waals surface area contributed by atoms with E-state index in [1.54, 1.807) is 19.9 Å². The number of pyridine rings is 1. The van der Waals surface area contributed by atoms with E-state index >= 15 is 0 Å². The number of imidazole rings is 1. The topological polar surface area (TPSA) is 87.4 Å². The normalized spacial score (nSPS) is 16.4. The van der Waals surface area contributed by atoms with Crippen LogP contribution in [-0.2, 0) is 11.8 Å². The molecule has 1 aliphatic heterocycles. The maximum atomic E-state index is 14.4. The first-order chi connectivity index (χ1) is 18.3. The van der Waals surface area contributed by atoms with Crippen molar-refractivity contribution in [1.29, 1.82) is 0 Å². The number of nitrogens with zero attached hydrogens (tertiary/aromatic N) is 4. The number of hydrogen-bond acceptors (Lipinski definition) is 6. The van der Waals surface area contributed by atoms with Gasteiger partial charge >= 0.3 is 6.18 Å². The standard InChI is InChI=1S/C25H21ClF6N6O/c1-24(2)17-20(33-8-7-25(30,31)32)35-22(36-21(17)37-23(24)39)19-15-6-3-11(26)10-38(15)16(34-19)9-12-13(27)4-5-14(28)18(12)29/h3-6,10,23,39H,7-9H2,1-2H3,(H2,33,35,36,37). The van der Waals surface area contributed by atoms with E-state index in [0.717, 1.165) is 6.07 Å². The number of alkyl halides is 3. The van der Waals surface area contributed by atoms with Gasteiger partial charge in [0.1, 0.15) is 35.2 Å². The van der Waals surface area contributed by atoms with Crippen LogP contribution in [0, 0.1) is 17.5 Å². The predicted octanol–water partition coefficient (Wildman–Crippen LogP) is 5.84. The summed E-state index contributed by atoms with van der Waals surface area (Å²) in [4.78, 5) is 13.4. The molecule has 0 saturated carbocycles. The number of fused-ring (bicyclic) bond motifs is 2. The van der Waals surface area contributed by atoms with E-state index in [1.807, 2.05) is 0 Å². The van der Waals surface area contributed by atoms with Crippen LogP contribution in [0.4, 0.5) is 38.0 Å². The Bertz CT molecular complexity index is 1590. The highest BCUT2D eigenvalue weighted by Crippen LogP contribution is 2.44. The molecule has 7 nitrogen and oxygen atoms in total. The summed E-state index contributed by atoms with van der Waals surface area (Å²) in [5, 5.41) is 16.3. The van der Waals surface area contributed by atoms with Crippen LogP contribution in [-0.4, -0.2) is 43.4 Å². The lowest BCUT2D eigenvalue weighted by atomic mass is 9.86. The molecule has 1 aliphatic rings. The van der Waals surface area contributed by atoms with Crippen LogP contribution in [0.2, 0.25) is 5.02 Å². The molecule has 0 aliphatic carbocycles. The van der Waals surface area contributed by atoms with E-state index in [0.29, 0.717) is 17.1 Å². The maximum absolute atomic E-state index is 14.4. The third-order valence-electron chi connectivity index (χ3n) is 6.57. The minimum Gasteiger partial charge on any atom is -0.373 e. The molecule has 39 heavy (non-hydrogen) atoms. The number of aliphatic hydroxyl groups is 1. The van der Waals surface area contributed by atoms with Gasteiger partial charge in [-0.2, -0.15) is 13.2 Å². The second-order valence-corrected chi connectivity index (χ2v) is 10.1. The van der Waals surface area contributed by atoms with E-state index in [2.05, 4.69) is 25.6 Å². The van der Waals surface area contributed by atoms with E-state index in [1.165, 1.54) is 16.7 Å². The lowest BCUT2D eigenvalue weighted by molar-refractivity contribution is -0.131. The number of rotatable bonds is 6. The van der Waals surface area contributed by atoms with Crippen LogP contribution in [0.3, 0.4) is 0 Å². The van der Waals surface area contributed by atoms with Gasteiger partial charge in [-0.3, -0.25) is 0 Å². The van der Waals surface area contributed by atoms with Gasteiger partial charge in [0.05, 0.1) is 17.0 Å². The molecule has 206 valence electrons. The van der Waals surface area contributed by atoms with E-state index in [9.17, 15) is 31.4 Å². The number of aromatic nitrogens is 4. The molecule has 0 radical (unpaired) electrons. The number of aliphatic hydroxyl groups excluding tert-OH is 1. The Morgan fingerprint density at radius 1 is 1.08 bits per heavy atom. The van der Waals surface area contributed by atoms with Crippen molar-refractivity contribution in [3.63, 3.8) is 0 Å². The average Bonchev–Trinajstić information content (AvgIpc) is 3.31. The third kappa shape index (κ3) is 4.96. The summed E-state index contributed by atoms with van der Waals surface area (Å²) in [7, 11) is 0. The van der Waals surface area contributed by atoms with Crippen molar-refractivity contribution in [1.82, 2.24) is 19.4 Å². The summed E-state index contributed by atoms with van der Waals surface area (Å²) in [6, 6.07) is 4.58. The van der Waals surface area contributed by atoms with Crippen LogP contribution in [0.5, 0.6) is 0 Å². The average molecular weight is 571 g/mol. The number of hydrogen-bond donors (Lipinski definition) is 3. The van der Waals surface area contributed by atoms with Crippen LogP contribution < -0.4 is 10.6 Å². The van der Waals surface area contributed by atoms with Gasteiger partial charge in [0.2, 0.25) is 0 Å². The van der Waals surface area contributed by atoms with Gasteiger partial charge in [-0.15, -0.1) is 0 Å². The number of benzene rings is 1. The summed E-state index contributed by atoms with van der Waals surface area (Å²) in [5.41, 5.74) is -0.622. The molecule has 0 saturated heterocycles. The quantitative estimate of drug-likeness (QED) is 0.199. The molecule has 4 aromatic rings. The van der Waals surface area contributed by atoms with Gasteiger partial charge in [-0.1, -0.05) is 25.4 Å². The van der Waals surface area contributed by atoms with Crippen molar-refractivity contribution in [3.05, 3.63) is 69.9 Å². The van der Waals surface area contributed by atoms with Crippen LogP contribution >= 0.6 is 11.6 Å². The van der Waals surface area contributed by atoms with Crippen LogP contribution in [0.25, 0.3) is 17.0 Å². The lowest BCUT2D eigenvalue weighted by Gasteiger charge is -2.24. The molecule has 14 heteroatoms. The number of nitrogens with one attached hydrogen (secondary N) is 2. The maximum Gasteiger partial charge on any atom is 0.390 e. The minimum absolute atomic E-state index is 0.0353. The minimum atomic E-state index is -4.41. The Morgan fingerprint density at radius 2 is 1.79 bits per heavy atom. The van der Waals surface area contributed by atoms with Crippen molar-refractivity contribution >= 4 is 28.8 Å². The van der Waals surface area contributed by atoms with E-state index in [4.69, 9.17) is 11.6 Å². The first-order valence-corrected chi connectivity index (χ1v) is 12.1. The molecule has 1 unspecified atom stereocenters. The molecule has 0 bridgehead atoms. The molecular weight excluding hydrogens is 550 g/mol. The molecule has 1 atom stereocenters. The summed E-state index contributed by atoms with van der Waals surface area (Å²) >= 11 is 6.15. The Hall–Kier alpha value is -3.58. The summed E-state index contributed by atoms with van der Waals surface area (Å²) < 4.78 is 82.7. The second-order valence-electron chi connectivity index (χ2n) is 9.66. The zero-order valence-corrected chi connectivity index (χ0v) is 21.2. The van der Waals surface area contributed by atoms with Gasteiger partial charge in [0.25, 0.3) is 0 Å². The zero-order valence-electron chi connectivity index (χ0n) is 20.5. The lowest BCUT2D eigenvalue weighted by Crippen LogP contribution is -2.33. The first kappa shape index (κ1) is 27.0. The molecule has 1 aromatic carbocycles. The van der Waals surface area contributed by atoms with Crippen molar-refractivity contribution in [2.24, 2.45) is 0 Å². The van der Waals surface area contributed by atoms with E-state index in [-0.39, 0.29) is 34.0 Å². The Kier molecular flexibility index (Phi) is 6.62. The van der Waals surface area contributed by atoms with E-state index < -0.39 is 60.2 Å². The number of halogens is 7. The fraction of sp³-hybridized carbons (Fsp3) is 0.320. The molecule has 3 N–H and O–H groups in total. The van der Waals surface area contributed by atoms with Crippen LogP contribution in [0.1, 0.15) is 37.2 Å². The molecule has 0 fully saturated rings. The van der Waals surface area contributed by atoms with Crippen molar-refractivity contribution in [2.45, 2.75) is 44.5 Å². The molecule has 0 spiro atoms. The molecule has 4 heterocycles. The van der Waals surface area contributed by atoms with Crippen molar-refractivity contribution < 1.29 is 31.4 Å². The van der Waals surface area contributed by atoms with Crippen molar-refractivity contribution in [3.8, 4) is 11.5 Å². The number of anilines is 2. The monoisotopic (exact) mass is 570 g/mol. The fourth-order valence-electron chi connectivity index (χ4n) is 4.48. The van der Waals surface area contributed by atoms with Crippen LogP contribution in [0.15, 0.2) is 30.5 Å². The molecular formula is C25H21ClF6N6O. The van der Waals surface area contributed by atoms with Gasteiger partial charge < -0.3 is 20.1 Å². The molecule has 5 rings (SSSR count). The zero-order chi connectivity index (χ0) is 28.3. The fourth-order valence-corrected chi connectivity index (χ4v) is 4.64. The Labute approximate surface area is 222 Å². The smallest absolute Gasteiger partial charge is 0.373 e. The first-order valence-electron chi connectivity index (χ1n) is 11.7. The van der Waals surface area contributed by atoms with Gasteiger partial charge in [0, 0.05) is 35.7 Å². The molecule has 0 amide bonds.